The first-order chi connectivity index (χ1) is 19.4. The van der Waals surface area contributed by atoms with Crippen molar-refractivity contribution in [1.82, 2.24) is 19.5 Å². The summed E-state index contributed by atoms with van der Waals surface area (Å²) in [7, 11) is -4.37. The number of hydrogen-bond acceptors (Lipinski definition) is 5. The first kappa shape index (κ1) is 30.2. The summed E-state index contributed by atoms with van der Waals surface area (Å²) >= 11 is 0. The third-order valence-electron chi connectivity index (χ3n) is 6.97. The van der Waals surface area contributed by atoms with Gasteiger partial charge in [-0.25, -0.2) is 8.42 Å². The lowest BCUT2D eigenvalue weighted by atomic mass is 10.0. The SMILES string of the molecule is CC(C)c1ccc(CNC(=O)[C@H]2CN(C(=O)Cc3cccnc3)CCN2S(=O)(=O)c2ccc(C(F)(F)F)cc2)cc1. The highest BCUT2D eigenvalue weighted by atomic mass is 32.2. The summed E-state index contributed by atoms with van der Waals surface area (Å²) in [6.45, 7) is 3.85. The molecule has 1 N–H and O–H groups in total. The number of carbonyl (C=O) groups excluding carboxylic acids is 2. The highest BCUT2D eigenvalue weighted by Crippen LogP contribution is 2.31. The van der Waals surface area contributed by atoms with E-state index in [-0.39, 0.29) is 43.4 Å². The van der Waals surface area contributed by atoms with Gasteiger partial charge in [0, 0.05) is 38.6 Å². The molecule has 0 radical (unpaired) electrons. The van der Waals surface area contributed by atoms with Gasteiger partial charge in [0.2, 0.25) is 21.8 Å². The van der Waals surface area contributed by atoms with Gasteiger partial charge in [0.25, 0.3) is 0 Å². The first-order valence-electron chi connectivity index (χ1n) is 13.1. The van der Waals surface area contributed by atoms with E-state index in [1.165, 1.54) is 4.90 Å². The van der Waals surface area contributed by atoms with Gasteiger partial charge in [-0.2, -0.15) is 17.5 Å². The Balaban J connectivity index is 1.56. The predicted octanol–water partition coefficient (Wildman–Crippen LogP) is 3.98. The largest absolute Gasteiger partial charge is 0.416 e. The molecule has 0 bridgehead atoms. The molecule has 1 saturated heterocycles. The lowest BCUT2D eigenvalue weighted by Gasteiger charge is -2.39. The number of nitrogens with zero attached hydrogens (tertiary/aromatic N) is 3. The lowest BCUT2D eigenvalue weighted by Crippen LogP contribution is -2.61. The summed E-state index contributed by atoms with van der Waals surface area (Å²) in [5.41, 5.74) is 1.62. The van der Waals surface area contributed by atoms with Crippen LogP contribution in [-0.2, 0) is 38.8 Å². The first-order valence-corrected chi connectivity index (χ1v) is 14.5. The van der Waals surface area contributed by atoms with E-state index < -0.39 is 33.7 Å². The number of aromatic nitrogens is 1. The van der Waals surface area contributed by atoms with Crippen molar-refractivity contribution in [3.8, 4) is 0 Å². The number of hydrogen-bond donors (Lipinski definition) is 1. The van der Waals surface area contributed by atoms with Gasteiger partial charge in [-0.3, -0.25) is 14.6 Å². The molecule has 1 aliphatic heterocycles. The van der Waals surface area contributed by atoms with E-state index in [1.54, 1.807) is 24.5 Å². The minimum Gasteiger partial charge on any atom is -0.351 e. The number of sulfonamides is 1. The summed E-state index contributed by atoms with van der Waals surface area (Å²) in [6.07, 6.45) is -1.47. The fourth-order valence-electron chi connectivity index (χ4n) is 4.56. The Labute approximate surface area is 237 Å². The van der Waals surface area contributed by atoms with Crippen LogP contribution in [0.5, 0.6) is 0 Å². The molecule has 1 aromatic heterocycles. The number of pyridine rings is 1. The maximum Gasteiger partial charge on any atom is 0.416 e. The van der Waals surface area contributed by atoms with Crippen molar-refractivity contribution in [2.24, 2.45) is 0 Å². The Kier molecular flexibility index (Phi) is 9.13. The molecular weight excluding hydrogens is 557 g/mol. The van der Waals surface area contributed by atoms with Crippen molar-refractivity contribution in [1.29, 1.82) is 0 Å². The van der Waals surface area contributed by atoms with Gasteiger partial charge in [-0.15, -0.1) is 0 Å². The van der Waals surface area contributed by atoms with Crippen molar-refractivity contribution < 1.29 is 31.2 Å². The van der Waals surface area contributed by atoms with Gasteiger partial charge in [-0.05, 0) is 52.9 Å². The molecule has 1 atom stereocenters. The van der Waals surface area contributed by atoms with Gasteiger partial charge in [0.1, 0.15) is 6.04 Å². The molecule has 218 valence electrons. The van der Waals surface area contributed by atoms with Crippen LogP contribution in [0.15, 0.2) is 78.0 Å². The average Bonchev–Trinajstić information content (AvgIpc) is 2.96. The number of nitrogens with one attached hydrogen (secondary N) is 1. The van der Waals surface area contributed by atoms with Crippen molar-refractivity contribution in [3.63, 3.8) is 0 Å². The molecule has 0 aliphatic carbocycles. The fourth-order valence-corrected chi connectivity index (χ4v) is 6.13. The highest BCUT2D eigenvalue weighted by molar-refractivity contribution is 7.89. The topological polar surface area (TPSA) is 99.7 Å². The standard InChI is InChI=1S/C29H31F3N4O4S/c1-20(2)23-7-5-21(6-8-23)18-34-28(38)26-19-35(27(37)16-22-4-3-13-33-17-22)14-15-36(26)41(39,40)25-11-9-24(10-12-25)29(30,31)32/h3-13,17,20,26H,14-16,18-19H2,1-2H3,(H,34,38)/t26-/m1/s1. The van der Waals surface area contributed by atoms with E-state index in [1.807, 2.05) is 24.3 Å². The maximum absolute atomic E-state index is 13.6. The molecule has 1 aliphatic rings. The molecule has 4 rings (SSSR count). The number of carbonyl (C=O) groups is 2. The van der Waals surface area contributed by atoms with E-state index in [0.717, 1.165) is 27.6 Å². The Bertz CT molecular complexity index is 1460. The lowest BCUT2D eigenvalue weighted by molar-refractivity contribution is -0.138. The molecule has 12 heteroatoms. The van der Waals surface area contributed by atoms with Crippen LogP contribution in [0, 0.1) is 0 Å². The minimum atomic E-state index is -4.63. The second kappa shape index (κ2) is 12.4. The fraction of sp³-hybridized carbons (Fsp3) is 0.345. The van der Waals surface area contributed by atoms with E-state index in [2.05, 4.69) is 24.1 Å². The van der Waals surface area contributed by atoms with E-state index in [9.17, 15) is 31.2 Å². The molecule has 1 fully saturated rings. The third kappa shape index (κ3) is 7.31. The summed E-state index contributed by atoms with van der Waals surface area (Å²) < 4.78 is 67.2. The maximum atomic E-state index is 13.6. The molecule has 3 aromatic rings. The molecule has 41 heavy (non-hydrogen) atoms. The van der Waals surface area contributed by atoms with Gasteiger partial charge in [0.15, 0.2) is 0 Å². The van der Waals surface area contributed by atoms with Crippen LogP contribution in [0.1, 0.15) is 42.0 Å². The van der Waals surface area contributed by atoms with Crippen LogP contribution in [0.4, 0.5) is 13.2 Å². The van der Waals surface area contributed by atoms with Crippen molar-refractivity contribution in [2.75, 3.05) is 19.6 Å². The van der Waals surface area contributed by atoms with Gasteiger partial charge in [-0.1, -0.05) is 44.2 Å². The van der Waals surface area contributed by atoms with Crippen LogP contribution >= 0.6 is 0 Å². The number of amides is 2. The zero-order valence-electron chi connectivity index (χ0n) is 22.6. The Morgan fingerprint density at radius 1 is 1.00 bits per heavy atom. The van der Waals surface area contributed by atoms with Crippen molar-refractivity contribution in [3.05, 3.63) is 95.3 Å². The highest BCUT2D eigenvalue weighted by Gasteiger charge is 2.41. The number of halogens is 3. The summed E-state index contributed by atoms with van der Waals surface area (Å²) in [6, 6.07) is 12.9. The van der Waals surface area contributed by atoms with Gasteiger partial charge < -0.3 is 10.2 Å². The minimum absolute atomic E-state index is 0.0133. The predicted molar refractivity (Wildman–Crippen MR) is 146 cm³/mol. The van der Waals surface area contributed by atoms with E-state index in [4.69, 9.17) is 0 Å². The quantitative estimate of drug-likeness (QED) is 0.429. The number of alkyl halides is 3. The third-order valence-corrected chi connectivity index (χ3v) is 8.89. The molecule has 0 saturated carbocycles. The summed E-state index contributed by atoms with van der Waals surface area (Å²) in [4.78, 5) is 31.5. The van der Waals surface area contributed by atoms with Gasteiger partial charge >= 0.3 is 6.18 Å². The van der Waals surface area contributed by atoms with E-state index >= 15 is 0 Å². The second-order valence-electron chi connectivity index (χ2n) is 10.1. The smallest absolute Gasteiger partial charge is 0.351 e. The molecule has 2 aromatic carbocycles. The molecule has 2 heterocycles. The normalized spacial score (nSPS) is 16.5. The average molecular weight is 589 g/mol. The van der Waals surface area contributed by atoms with Crippen LogP contribution < -0.4 is 5.32 Å². The van der Waals surface area contributed by atoms with Gasteiger partial charge in [0.05, 0.1) is 16.9 Å². The zero-order valence-corrected chi connectivity index (χ0v) is 23.5. The second-order valence-corrected chi connectivity index (χ2v) is 12.0. The Hall–Kier alpha value is -3.77. The van der Waals surface area contributed by atoms with Crippen LogP contribution in [0.25, 0.3) is 0 Å². The Morgan fingerprint density at radius 3 is 2.27 bits per heavy atom. The van der Waals surface area contributed by atoms with Crippen LogP contribution in [-0.4, -0.2) is 60.1 Å². The molecular formula is C29H31F3N4O4S. The van der Waals surface area contributed by atoms with Crippen molar-refractivity contribution in [2.45, 2.75) is 49.8 Å². The number of benzene rings is 2. The van der Waals surface area contributed by atoms with Crippen molar-refractivity contribution >= 4 is 21.8 Å². The molecule has 8 nitrogen and oxygen atoms in total. The molecule has 0 spiro atoms. The molecule has 0 unspecified atom stereocenters. The van der Waals surface area contributed by atoms with Crippen LogP contribution in [0.3, 0.4) is 0 Å². The zero-order chi connectivity index (χ0) is 29.8. The Morgan fingerprint density at radius 2 is 1.68 bits per heavy atom. The molecule has 2 amide bonds. The number of piperazine rings is 1. The number of rotatable bonds is 8. The summed E-state index contributed by atoms with van der Waals surface area (Å²) in [5, 5.41) is 2.77. The van der Waals surface area contributed by atoms with Crippen LogP contribution in [0.2, 0.25) is 0 Å². The monoisotopic (exact) mass is 588 g/mol. The van der Waals surface area contributed by atoms with E-state index in [0.29, 0.717) is 23.6 Å². The summed E-state index contributed by atoms with van der Waals surface area (Å²) in [5.74, 6) is -0.584.